The molecule has 2 heterocycles. The molecule has 0 aromatic carbocycles. The lowest BCUT2D eigenvalue weighted by Gasteiger charge is -2.18. The van der Waals surface area contributed by atoms with E-state index in [4.69, 9.17) is 0 Å². The largest absolute Gasteiger partial charge is 0.298 e. The fraction of sp³-hybridized carbons (Fsp3) is 0.500. The normalized spacial score (nSPS) is 13.4. The molecule has 0 saturated carbocycles. The summed E-state index contributed by atoms with van der Waals surface area (Å²) < 4.78 is 1.72. The minimum Gasteiger partial charge on any atom is -0.298 e. The summed E-state index contributed by atoms with van der Waals surface area (Å²) in [6, 6.07) is 1.85. The zero-order valence-corrected chi connectivity index (χ0v) is 12.3. The summed E-state index contributed by atoms with van der Waals surface area (Å²) in [7, 11) is 0. The van der Waals surface area contributed by atoms with Crippen LogP contribution in [0.4, 0.5) is 0 Å². The Kier molecular flexibility index (Phi) is 3.99. The predicted molar refractivity (Wildman–Crippen MR) is 76.0 cm³/mol. The van der Waals surface area contributed by atoms with Crippen LogP contribution >= 0.6 is 27.3 Å². The van der Waals surface area contributed by atoms with Gasteiger partial charge in [-0.2, -0.15) is 0 Å². The Bertz CT molecular complexity index is 561. The molecule has 0 spiro atoms. The number of hydrogen-bond acceptors (Lipinski definition) is 3. The van der Waals surface area contributed by atoms with Gasteiger partial charge in [0.15, 0.2) is 0 Å². The highest BCUT2D eigenvalue weighted by Gasteiger charge is 2.14. The van der Waals surface area contributed by atoms with Crippen molar-refractivity contribution in [2.24, 2.45) is 11.8 Å². The van der Waals surface area contributed by atoms with Crippen LogP contribution in [0.2, 0.25) is 0 Å². The number of fused-ring (bicyclic) bond motifs is 1. The SMILES string of the molecule is CC(C)C(CBr)Cn1cnc2sccc2c1=O. The molecule has 0 saturated heterocycles. The average molecular weight is 315 g/mol. The molecule has 2 aromatic rings. The quantitative estimate of drug-likeness (QED) is 0.813. The van der Waals surface area contributed by atoms with Gasteiger partial charge < -0.3 is 0 Å². The Morgan fingerprint density at radius 3 is 2.94 bits per heavy atom. The zero-order chi connectivity index (χ0) is 12.4. The van der Waals surface area contributed by atoms with E-state index in [9.17, 15) is 4.79 Å². The molecule has 0 fully saturated rings. The lowest BCUT2D eigenvalue weighted by Crippen LogP contribution is -2.27. The molecule has 1 unspecified atom stereocenters. The van der Waals surface area contributed by atoms with Crippen molar-refractivity contribution < 1.29 is 0 Å². The van der Waals surface area contributed by atoms with Crippen molar-refractivity contribution in [3.8, 4) is 0 Å². The third-order valence-corrected chi connectivity index (χ3v) is 4.68. The monoisotopic (exact) mass is 314 g/mol. The highest BCUT2D eigenvalue weighted by Crippen LogP contribution is 2.17. The molecule has 5 heteroatoms. The van der Waals surface area contributed by atoms with E-state index in [-0.39, 0.29) is 5.56 Å². The first-order valence-electron chi connectivity index (χ1n) is 5.62. The van der Waals surface area contributed by atoms with Crippen molar-refractivity contribution in [3.63, 3.8) is 0 Å². The maximum Gasteiger partial charge on any atom is 0.262 e. The van der Waals surface area contributed by atoms with Gasteiger partial charge in [0.1, 0.15) is 4.83 Å². The molecule has 2 rings (SSSR count). The third-order valence-electron chi connectivity index (χ3n) is 3.02. The van der Waals surface area contributed by atoms with Crippen molar-refractivity contribution >= 4 is 37.5 Å². The summed E-state index contributed by atoms with van der Waals surface area (Å²) in [5.74, 6) is 0.991. The first-order chi connectivity index (χ1) is 8.13. The summed E-state index contributed by atoms with van der Waals surface area (Å²) in [5, 5.41) is 3.54. The molecular weight excluding hydrogens is 300 g/mol. The average Bonchev–Trinajstić information content (AvgIpc) is 2.76. The predicted octanol–water partition coefficient (Wildman–Crippen LogP) is 3.13. The molecule has 0 amide bonds. The van der Waals surface area contributed by atoms with Crippen molar-refractivity contribution in [2.75, 3.05) is 5.33 Å². The van der Waals surface area contributed by atoms with Crippen molar-refractivity contribution in [2.45, 2.75) is 20.4 Å². The zero-order valence-electron chi connectivity index (χ0n) is 9.89. The van der Waals surface area contributed by atoms with Gasteiger partial charge in [0.25, 0.3) is 5.56 Å². The van der Waals surface area contributed by atoms with E-state index in [0.29, 0.717) is 11.8 Å². The summed E-state index contributed by atoms with van der Waals surface area (Å²) in [6.07, 6.45) is 1.67. The second-order valence-corrected chi connectivity index (χ2v) is 6.04. The van der Waals surface area contributed by atoms with Gasteiger partial charge in [-0.3, -0.25) is 9.36 Å². The van der Waals surface area contributed by atoms with Crippen molar-refractivity contribution in [1.82, 2.24) is 9.55 Å². The summed E-state index contributed by atoms with van der Waals surface area (Å²) >= 11 is 5.01. The van der Waals surface area contributed by atoms with Gasteiger partial charge in [-0.1, -0.05) is 29.8 Å². The number of aromatic nitrogens is 2. The van der Waals surface area contributed by atoms with E-state index in [2.05, 4.69) is 34.8 Å². The molecule has 0 aliphatic heterocycles. The Hall–Kier alpha value is -0.680. The van der Waals surface area contributed by atoms with Crippen LogP contribution in [-0.2, 0) is 6.54 Å². The molecule has 17 heavy (non-hydrogen) atoms. The molecule has 3 nitrogen and oxygen atoms in total. The van der Waals surface area contributed by atoms with Gasteiger partial charge in [0.05, 0.1) is 11.7 Å². The van der Waals surface area contributed by atoms with Crippen LogP contribution in [0.5, 0.6) is 0 Å². The maximum atomic E-state index is 12.2. The molecule has 0 aliphatic rings. The molecule has 1 atom stereocenters. The number of hydrogen-bond donors (Lipinski definition) is 0. The number of alkyl halides is 1. The first kappa shape index (κ1) is 12.8. The molecule has 0 aliphatic carbocycles. The first-order valence-corrected chi connectivity index (χ1v) is 7.62. The highest BCUT2D eigenvalue weighted by molar-refractivity contribution is 9.09. The van der Waals surface area contributed by atoms with Gasteiger partial charge in [-0.05, 0) is 23.3 Å². The number of halogens is 1. The van der Waals surface area contributed by atoms with Crippen LogP contribution in [0.1, 0.15) is 13.8 Å². The van der Waals surface area contributed by atoms with Crippen molar-refractivity contribution in [1.29, 1.82) is 0 Å². The summed E-state index contributed by atoms with van der Waals surface area (Å²) in [4.78, 5) is 17.3. The van der Waals surface area contributed by atoms with Crippen LogP contribution in [0.3, 0.4) is 0 Å². The van der Waals surface area contributed by atoms with Gasteiger partial charge in [0.2, 0.25) is 0 Å². The van der Waals surface area contributed by atoms with E-state index in [1.807, 2.05) is 11.4 Å². The standard InChI is InChI=1S/C12H15BrN2OS/c1-8(2)9(5-13)6-15-7-14-11-10(12(15)16)3-4-17-11/h3-4,7-9H,5-6H2,1-2H3. The van der Waals surface area contributed by atoms with Crippen LogP contribution in [0, 0.1) is 11.8 Å². The van der Waals surface area contributed by atoms with Gasteiger partial charge in [0, 0.05) is 11.9 Å². The molecule has 0 N–H and O–H groups in total. The minimum atomic E-state index is 0.0721. The number of rotatable bonds is 4. The fourth-order valence-electron chi connectivity index (χ4n) is 1.71. The molecule has 92 valence electrons. The number of thiophene rings is 1. The Labute approximate surface area is 113 Å². The van der Waals surface area contributed by atoms with Crippen LogP contribution in [0.15, 0.2) is 22.6 Å². The Morgan fingerprint density at radius 2 is 2.29 bits per heavy atom. The second kappa shape index (κ2) is 5.31. The maximum absolute atomic E-state index is 12.2. The van der Waals surface area contributed by atoms with E-state index < -0.39 is 0 Å². The van der Waals surface area contributed by atoms with Crippen LogP contribution in [-0.4, -0.2) is 14.9 Å². The molecular formula is C12H15BrN2OS. The Balaban J connectivity index is 2.36. The lowest BCUT2D eigenvalue weighted by molar-refractivity contribution is 0.368. The van der Waals surface area contributed by atoms with Crippen LogP contribution in [0.25, 0.3) is 10.2 Å². The van der Waals surface area contributed by atoms with E-state index in [1.165, 1.54) is 11.3 Å². The highest BCUT2D eigenvalue weighted by atomic mass is 79.9. The summed E-state index contributed by atoms with van der Waals surface area (Å²) in [6.45, 7) is 5.07. The topological polar surface area (TPSA) is 34.9 Å². The lowest BCUT2D eigenvalue weighted by atomic mass is 9.98. The molecule has 0 bridgehead atoms. The summed E-state index contributed by atoms with van der Waals surface area (Å²) in [5.41, 5.74) is 0.0721. The molecule has 2 aromatic heterocycles. The smallest absolute Gasteiger partial charge is 0.262 e. The van der Waals surface area contributed by atoms with Crippen LogP contribution < -0.4 is 5.56 Å². The van der Waals surface area contributed by atoms with E-state index >= 15 is 0 Å². The minimum absolute atomic E-state index is 0.0721. The second-order valence-electron chi connectivity index (χ2n) is 4.50. The third kappa shape index (κ3) is 2.60. The molecule has 0 radical (unpaired) electrons. The van der Waals surface area contributed by atoms with Gasteiger partial charge in [-0.15, -0.1) is 11.3 Å². The Morgan fingerprint density at radius 1 is 1.53 bits per heavy atom. The van der Waals surface area contributed by atoms with Crippen molar-refractivity contribution in [3.05, 3.63) is 28.1 Å². The fourth-order valence-corrected chi connectivity index (χ4v) is 3.39. The van der Waals surface area contributed by atoms with Gasteiger partial charge in [-0.25, -0.2) is 4.98 Å². The van der Waals surface area contributed by atoms with E-state index in [0.717, 1.165) is 22.1 Å². The van der Waals surface area contributed by atoms with Gasteiger partial charge >= 0.3 is 0 Å². The van der Waals surface area contributed by atoms with E-state index in [1.54, 1.807) is 10.9 Å². The number of nitrogens with zero attached hydrogens (tertiary/aromatic N) is 2.